The maximum Gasteiger partial charge on any atom is 0.416 e. The molecule has 30 heavy (non-hydrogen) atoms. The Labute approximate surface area is 170 Å². The molecule has 4 nitrogen and oxygen atoms in total. The van der Waals surface area contributed by atoms with Gasteiger partial charge in [-0.1, -0.05) is 32.6 Å². The van der Waals surface area contributed by atoms with Crippen molar-refractivity contribution >= 4 is 0 Å². The Balaban J connectivity index is 2.48. The number of nitriles is 1. The average Bonchev–Trinajstić information content (AvgIpc) is 3.18. The van der Waals surface area contributed by atoms with E-state index in [9.17, 15) is 31.6 Å². The third-order valence-corrected chi connectivity index (χ3v) is 4.91. The van der Waals surface area contributed by atoms with Crippen LogP contribution in [0.2, 0.25) is 0 Å². The Kier molecular flexibility index (Phi) is 7.87. The minimum absolute atomic E-state index is 0.0204. The lowest BCUT2D eigenvalue weighted by molar-refractivity contribution is -0.143. The Morgan fingerprint density at radius 1 is 1.00 bits per heavy atom. The molecule has 2 atom stereocenters. The molecule has 1 heterocycles. The van der Waals surface area contributed by atoms with Crippen molar-refractivity contribution in [2.45, 2.75) is 63.8 Å². The topological polar surface area (TPSA) is 54.5 Å². The maximum absolute atomic E-state index is 13.3. The molecule has 0 aliphatic rings. The first-order valence-corrected chi connectivity index (χ1v) is 9.57. The summed E-state index contributed by atoms with van der Waals surface area (Å²) in [6.45, 7) is 2.01. The third kappa shape index (κ3) is 6.47. The summed E-state index contributed by atoms with van der Waals surface area (Å²) in [5, 5.41) is 13.6. The minimum Gasteiger partial charge on any atom is -0.252 e. The molecule has 2 rings (SSSR count). The number of unbranched alkanes of at least 4 members (excludes halogenated alkanes) is 3. The molecule has 1 aromatic carbocycles. The van der Waals surface area contributed by atoms with Crippen molar-refractivity contribution in [3.05, 3.63) is 47.5 Å². The molecule has 0 amide bonds. The lowest BCUT2D eigenvalue weighted by atomic mass is 9.81. The van der Waals surface area contributed by atoms with Gasteiger partial charge in [0.1, 0.15) is 12.7 Å². The monoisotopic (exact) mass is 432 g/mol. The highest BCUT2D eigenvalue weighted by Gasteiger charge is 2.38. The second-order valence-corrected chi connectivity index (χ2v) is 7.15. The predicted octanol–water partition coefficient (Wildman–Crippen LogP) is 6.21. The van der Waals surface area contributed by atoms with Crippen LogP contribution in [0.4, 0.5) is 26.3 Å². The fraction of sp³-hybridized carbons (Fsp3) is 0.550. The zero-order valence-electron chi connectivity index (χ0n) is 16.3. The number of rotatable bonds is 9. The number of alkyl halides is 6. The van der Waals surface area contributed by atoms with Crippen LogP contribution in [0.1, 0.15) is 61.6 Å². The highest BCUT2D eigenvalue weighted by molar-refractivity contribution is 5.36. The largest absolute Gasteiger partial charge is 0.416 e. The summed E-state index contributed by atoms with van der Waals surface area (Å²) in [6.07, 6.45) is -3.79. The van der Waals surface area contributed by atoms with Crippen molar-refractivity contribution in [2.24, 2.45) is 5.92 Å². The molecule has 10 heteroatoms. The number of hydrogen-bond acceptors (Lipinski definition) is 3. The summed E-state index contributed by atoms with van der Waals surface area (Å²) in [4.78, 5) is 3.77. The zero-order chi connectivity index (χ0) is 22.4. The molecule has 0 saturated heterocycles. The summed E-state index contributed by atoms with van der Waals surface area (Å²) >= 11 is 0. The maximum atomic E-state index is 13.3. The minimum atomic E-state index is -4.93. The van der Waals surface area contributed by atoms with Gasteiger partial charge < -0.3 is 0 Å². The van der Waals surface area contributed by atoms with Crippen molar-refractivity contribution in [3.8, 4) is 6.07 Å². The quantitative estimate of drug-likeness (QED) is 0.350. The summed E-state index contributed by atoms with van der Waals surface area (Å²) in [5.41, 5.74) is -2.88. The molecule has 0 bridgehead atoms. The smallest absolute Gasteiger partial charge is 0.252 e. The second kappa shape index (κ2) is 9.96. The van der Waals surface area contributed by atoms with Gasteiger partial charge in [0.25, 0.3) is 0 Å². The number of halogens is 6. The Bertz CT molecular complexity index is 804. The van der Waals surface area contributed by atoms with Gasteiger partial charge in [-0.2, -0.15) is 36.7 Å². The fourth-order valence-corrected chi connectivity index (χ4v) is 3.37. The molecular formula is C20H22F6N4. The van der Waals surface area contributed by atoms with Crippen molar-refractivity contribution in [1.82, 2.24) is 14.8 Å². The van der Waals surface area contributed by atoms with Crippen LogP contribution in [0, 0.1) is 17.2 Å². The van der Waals surface area contributed by atoms with E-state index in [4.69, 9.17) is 0 Å². The number of benzene rings is 1. The van der Waals surface area contributed by atoms with Gasteiger partial charge in [-0.25, -0.2) is 4.98 Å². The number of aromatic nitrogens is 3. The first-order valence-electron chi connectivity index (χ1n) is 9.57. The van der Waals surface area contributed by atoms with Crippen molar-refractivity contribution in [3.63, 3.8) is 0 Å². The van der Waals surface area contributed by atoms with Crippen molar-refractivity contribution in [1.29, 1.82) is 5.26 Å². The van der Waals surface area contributed by atoms with Crippen LogP contribution >= 0.6 is 0 Å². The van der Waals surface area contributed by atoms with Crippen LogP contribution in [0.15, 0.2) is 30.9 Å². The Morgan fingerprint density at radius 3 is 2.10 bits per heavy atom. The summed E-state index contributed by atoms with van der Waals surface area (Å²) in [5.74, 6) is -1.67. The van der Waals surface area contributed by atoms with E-state index in [0.29, 0.717) is 12.8 Å². The van der Waals surface area contributed by atoms with Crippen LogP contribution in [0.25, 0.3) is 0 Å². The SMILES string of the molecule is CCCCCCC(c1cc(C(F)(F)F)cc(C(F)(F)F)c1)C(C#N)Cn1cncn1. The van der Waals surface area contributed by atoms with Crippen LogP contribution in [-0.2, 0) is 18.9 Å². The van der Waals surface area contributed by atoms with Crippen LogP contribution in [0.3, 0.4) is 0 Å². The van der Waals surface area contributed by atoms with Crippen molar-refractivity contribution in [2.75, 3.05) is 0 Å². The van der Waals surface area contributed by atoms with E-state index in [-0.39, 0.29) is 18.2 Å². The molecule has 164 valence electrons. The molecule has 0 saturated carbocycles. The Hall–Kier alpha value is -2.57. The second-order valence-electron chi connectivity index (χ2n) is 7.15. The van der Waals surface area contributed by atoms with E-state index < -0.39 is 35.3 Å². The molecule has 2 unspecified atom stereocenters. The van der Waals surface area contributed by atoms with Gasteiger partial charge in [0.15, 0.2) is 0 Å². The van der Waals surface area contributed by atoms with E-state index in [1.165, 1.54) is 17.3 Å². The van der Waals surface area contributed by atoms with Crippen LogP contribution in [0.5, 0.6) is 0 Å². The molecule has 1 aromatic heterocycles. The summed E-state index contributed by atoms with van der Waals surface area (Å²) in [7, 11) is 0. The van der Waals surface area contributed by atoms with E-state index in [2.05, 4.69) is 10.1 Å². The molecule has 0 fully saturated rings. The lowest BCUT2D eigenvalue weighted by Gasteiger charge is -2.25. The molecule has 0 aliphatic heterocycles. The Morgan fingerprint density at radius 2 is 1.63 bits per heavy atom. The highest BCUT2D eigenvalue weighted by atomic mass is 19.4. The molecule has 0 aliphatic carbocycles. The number of hydrogen-bond donors (Lipinski definition) is 0. The van der Waals surface area contributed by atoms with Crippen LogP contribution < -0.4 is 0 Å². The molecule has 0 radical (unpaired) electrons. The molecule has 0 spiro atoms. The molecule has 0 N–H and O–H groups in total. The predicted molar refractivity (Wildman–Crippen MR) is 97.1 cm³/mol. The van der Waals surface area contributed by atoms with Gasteiger partial charge in [-0.05, 0) is 30.2 Å². The first kappa shape index (κ1) is 23.7. The zero-order valence-corrected chi connectivity index (χ0v) is 16.3. The van der Waals surface area contributed by atoms with E-state index >= 15 is 0 Å². The van der Waals surface area contributed by atoms with Gasteiger partial charge in [0.2, 0.25) is 0 Å². The van der Waals surface area contributed by atoms with Crippen molar-refractivity contribution < 1.29 is 26.3 Å². The van der Waals surface area contributed by atoms with E-state index in [1.54, 1.807) is 0 Å². The summed E-state index contributed by atoms with van der Waals surface area (Å²) < 4.78 is 81.1. The lowest BCUT2D eigenvalue weighted by Crippen LogP contribution is -2.20. The number of nitrogens with zero attached hydrogens (tertiary/aromatic N) is 4. The first-order chi connectivity index (χ1) is 14.1. The molecule has 2 aromatic rings. The van der Waals surface area contributed by atoms with Gasteiger partial charge in [-0.15, -0.1) is 0 Å². The highest BCUT2D eigenvalue weighted by Crippen LogP contribution is 2.40. The average molecular weight is 432 g/mol. The van der Waals surface area contributed by atoms with Crippen LogP contribution in [-0.4, -0.2) is 14.8 Å². The standard InChI is InChI=1S/C20H22F6N4/c1-2-3-4-5-6-18(15(10-27)11-30-13-28-12-29-30)14-7-16(19(21,22)23)9-17(8-14)20(24,25)26/h7-9,12-13,15,18H,2-6,11H2,1H3. The van der Waals surface area contributed by atoms with Gasteiger partial charge in [0, 0.05) is 5.92 Å². The van der Waals surface area contributed by atoms with Gasteiger partial charge in [0.05, 0.1) is 29.7 Å². The van der Waals surface area contributed by atoms with E-state index in [1.807, 2.05) is 13.0 Å². The fourth-order valence-electron chi connectivity index (χ4n) is 3.37. The van der Waals surface area contributed by atoms with E-state index in [0.717, 1.165) is 31.4 Å². The van der Waals surface area contributed by atoms with Gasteiger partial charge >= 0.3 is 12.4 Å². The third-order valence-electron chi connectivity index (χ3n) is 4.91. The summed E-state index contributed by atoms with van der Waals surface area (Å²) in [6, 6.07) is 3.61. The normalized spacial score (nSPS) is 14.3. The molecular weight excluding hydrogens is 410 g/mol. The van der Waals surface area contributed by atoms with Gasteiger partial charge in [-0.3, -0.25) is 4.68 Å².